The van der Waals surface area contributed by atoms with Crippen LogP contribution in [0, 0.1) is 11.8 Å². The quantitative estimate of drug-likeness (QED) is 0.289. The van der Waals surface area contributed by atoms with Crippen molar-refractivity contribution in [3.05, 3.63) is 35.9 Å². The second-order valence-corrected chi connectivity index (χ2v) is 9.32. The Kier molecular flexibility index (Phi) is 13.4. The van der Waals surface area contributed by atoms with Gasteiger partial charge >= 0.3 is 6.09 Å². The smallest absolute Gasteiger partial charge is 0.407 e. The summed E-state index contributed by atoms with van der Waals surface area (Å²) in [5, 5.41) is 14.1. The molecule has 188 valence electrons. The van der Waals surface area contributed by atoms with E-state index in [1.54, 1.807) is 7.11 Å². The van der Waals surface area contributed by atoms with E-state index < -0.39 is 12.2 Å². The van der Waals surface area contributed by atoms with Crippen LogP contribution in [0.5, 0.6) is 0 Å². The first-order valence-corrected chi connectivity index (χ1v) is 12.3. The van der Waals surface area contributed by atoms with E-state index in [2.05, 4.69) is 19.2 Å². The Balaban J connectivity index is 1.92. The molecule has 7 heteroatoms. The normalized spacial score (nSPS) is 17.5. The Bertz CT molecular complexity index is 635. The number of nitrogens with one attached hydrogen (secondary N) is 1. The van der Waals surface area contributed by atoms with Crippen LogP contribution in [-0.2, 0) is 25.6 Å². The minimum atomic E-state index is -0.734. The molecule has 1 saturated carbocycles. The summed E-state index contributed by atoms with van der Waals surface area (Å²) >= 11 is 0. The van der Waals surface area contributed by atoms with Crippen molar-refractivity contribution in [2.45, 2.75) is 83.6 Å². The highest BCUT2D eigenvalue weighted by atomic mass is 16.7. The number of ether oxygens (including phenoxy) is 4. The summed E-state index contributed by atoms with van der Waals surface area (Å²) in [6, 6.07) is 9.21. The molecular weight excluding hydrogens is 422 g/mol. The molecule has 0 bridgehead atoms. The zero-order chi connectivity index (χ0) is 23.9. The number of alkyl carbamates (subject to hydrolysis) is 1. The maximum Gasteiger partial charge on any atom is 0.407 e. The lowest BCUT2D eigenvalue weighted by molar-refractivity contribution is -0.121. The van der Waals surface area contributed by atoms with Crippen LogP contribution in [0.1, 0.15) is 64.4 Å². The molecule has 0 spiro atoms. The number of rotatable bonds is 15. The van der Waals surface area contributed by atoms with Crippen molar-refractivity contribution >= 4 is 6.09 Å². The van der Waals surface area contributed by atoms with Crippen LogP contribution < -0.4 is 5.32 Å². The Morgan fingerprint density at radius 3 is 2.52 bits per heavy atom. The topological polar surface area (TPSA) is 86.3 Å². The number of carbonyl (C=O) groups excluding carboxylic acids is 1. The number of hydrogen-bond acceptors (Lipinski definition) is 6. The van der Waals surface area contributed by atoms with Crippen LogP contribution in [0.3, 0.4) is 0 Å². The molecule has 1 aliphatic carbocycles. The molecule has 2 rings (SSSR count). The summed E-state index contributed by atoms with van der Waals surface area (Å²) in [6.07, 6.45) is 5.72. The number of aliphatic hydroxyl groups excluding tert-OH is 1. The van der Waals surface area contributed by atoms with E-state index in [0.717, 1.165) is 24.8 Å². The number of methoxy groups -OCH3 is 1. The zero-order valence-corrected chi connectivity index (χ0v) is 20.5. The Hall–Kier alpha value is -1.67. The minimum Gasteiger partial charge on any atom is -0.445 e. The highest BCUT2D eigenvalue weighted by molar-refractivity contribution is 5.67. The summed E-state index contributed by atoms with van der Waals surface area (Å²) in [6.45, 7) is 5.45. The third-order valence-corrected chi connectivity index (χ3v) is 6.31. The van der Waals surface area contributed by atoms with Gasteiger partial charge in [-0.3, -0.25) is 0 Å². The highest BCUT2D eigenvalue weighted by Crippen LogP contribution is 2.29. The molecule has 1 aliphatic rings. The maximum absolute atomic E-state index is 12.6. The maximum atomic E-state index is 12.6. The summed E-state index contributed by atoms with van der Waals surface area (Å²) in [5.74, 6) is 0.703. The summed E-state index contributed by atoms with van der Waals surface area (Å²) in [7, 11) is 1.63. The Morgan fingerprint density at radius 1 is 1.12 bits per heavy atom. The van der Waals surface area contributed by atoms with Gasteiger partial charge in [-0.15, -0.1) is 0 Å². The van der Waals surface area contributed by atoms with E-state index in [1.165, 1.54) is 19.3 Å². The third-order valence-electron chi connectivity index (χ3n) is 6.31. The molecule has 3 atom stereocenters. The fraction of sp³-hybridized carbons (Fsp3) is 0.731. The second kappa shape index (κ2) is 16.0. The minimum absolute atomic E-state index is 0.152. The highest BCUT2D eigenvalue weighted by Gasteiger charge is 2.30. The number of benzene rings is 1. The molecular formula is C26H43NO6. The number of aliphatic hydroxyl groups is 1. The first-order chi connectivity index (χ1) is 16.0. The second-order valence-electron chi connectivity index (χ2n) is 9.32. The van der Waals surface area contributed by atoms with E-state index in [1.807, 2.05) is 30.3 Å². The van der Waals surface area contributed by atoms with Crippen molar-refractivity contribution in [2.75, 3.05) is 27.1 Å². The van der Waals surface area contributed by atoms with Gasteiger partial charge in [0.25, 0.3) is 0 Å². The van der Waals surface area contributed by atoms with Crippen LogP contribution in [0.25, 0.3) is 0 Å². The van der Waals surface area contributed by atoms with Crippen molar-refractivity contribution in [1.82, 2.24) is 5.32 Å². The molecule has 1 aromatic rings. The van der Waals surface area contributed by atoms with Gasteiger partial charge in [-0.05, 0) is 23.8 Å². The molecule has 0 radical (unpaired) electrons. The van der Waals surface area contributed by atoms with E-state index in [4.69, 9.17) is 18.9 Å². The van der Waals surface area contributed by atoms with Crippen molar-refractivity contribution in [1.29, 1.82) is 0 Å². The predicted molar refractivity (Wildman–Crippen MR) is 128 cm³/mol. The van der Waals surface area contributed by atoms with Crippen molar-refractivity contribution < 1.29 is 28.8 Å². The van der Waals surface area contributed by atoms with Gasteiger partial charge in [0.1, 0.15) is 13.4 Å². The molecule has 1 aromatic carbocycles. The molecule has 2 N–H and O–H groups in total. The monoisotopic (exact) mass is 465 g/mol. The Labute approximate surface area is 199 Å². The molecule has 0 saturated heterocycles. The van der Waals surface area contributed by atoms with E-state index in [0.29, 0.717) is 25.6 Å². The standard InChI is InChI=1S/C26H43NO6/c1-20(2)25(33-19-31-15-14-30-3)17-24(28)23(16-21-10-6-4-7-11-21)27-26(29)32-18-22-12-8-5-9-13-22/h5,8-9,12-13,20-21,23-25,28H,4,6-7,10-11,14-19H2,1-3H3,(H,27,29)/t23-,24-,25-/m0/s1. The summed E-state index contributed by atoms with van der Waals surface area (Å²) < 4.78 is 21.7. The van der Waals surface area contributed by atoms with Gasteiger partial charge in [-0.2, -0.15) is 0 Å². The lowest BCUT2D eigenvalue weighted by Crippen LogP contribution is -2.46. The largest absolute Gasteiger partial charge is 0.445 e. The van der Waals surface area contributed by atoms with Crippen LogP contribution in [0.15, 0.2) is 30.3 Å². The van der Waals surface area contributed by atoms with Crippen LogP contribution in [0.2, 0.25) is 0 Å². The van der Waals surface area contributed by atoms with Gasteiger partial charge in [0.2, 0.25) is 0 Å². The van der Waals surface area contributed by atoms with Crippen LogP contribution in [0.4, 0.5) is 4.79 Å². The van der Waals surface area contributed by atoms with Crippen molar-refractivity contribution in [3.8, 4) is 0 Å². The van der Waals surface area contributed by atoms with Gasteiger partial charge in [0.15, 0.2) is 0 Å². The number of carbonyl (C=O) groups is 1. The van der Waals surface area contributed by atoms with Gasteiger partial charge < -0.3 is 29.4 Å². The first kappa shape index (κ1) is 27.6. The van der Waals surface area contributed by atoms with Crippen molar-refractivity contribution in [3.63, 3.8) is 0 Å². The van der Waals surface area contributed by atoms with Gasteiger partial charge in [-0.1, -0.05) is 76.3 Å². The number of hydrogen-bond donors (Lipinski definition) is 2. The predicted octanol–water partition coefficient (Wildman–Crippen LogP) is 4.66. The molecule has 7 nitrogen and oxygen atoms in total. The Morgan fingerprint density at radius 2 is 1.85 bits per heavy atom. The average molecular weight is 466 g/mol. The molecule has 0 unspecified atom stereocenters. The van der Waals surface area contributed by atoms with Crippen LogP contribution in [-0.4, -0.2) is 56.6 Å². The summed E-state index contributed by atoms with van der Waals surface area (Å²) in [4.78, 5) is 12.6. The van der Waals surface area contributed by atoms with E-state index in [9.17, 15) is 9.90 Å². The summed E-state index contributed by atoms with van der Waals surface area (Å²) in [5.41, 5.74) is 0.929. The van der Waals surface area contributed by atoms with Crippen LogP contribution >= 0.6 is 0 Å². The molecule has 1 amide bonds. The van der Waals surface area contributed by atoms with Gasteiger partial charge in [-0.25, -0.2) is 4.79 Å². The first-order valence-electron chi connectivity index (χ1n) is 12.3. The molecule has 0 aromatic heterocycles. The molecule has 0 aliphatic heterocycles. The number of amides is 1. The molecule has 33 heavy (non-hydrogen) atoms. The van der Waals surface area contributed by atoms with Gasteiger partial charge in [0.05, 0.1) is 31.5 Å². The fourth-order valence-corrected chi connectivity index (χ4v) is 4.28. The van der Waals surface area contributed by atoms with Crippen molar-refractivity contribution in [2.24, 2.45) is 11.8 Å². The van der Waals surface area contributed by atoms with Gasteiger partial charge in [0, 0.05) is 13.5 Å². The lowest BCUT2D eigenvalue weighted by Gasteiger charge is -2.32. The average Bonchev–Trinajstić information content (AvgIpc) is 2.82. The third kappa shape index (κ3) is 11.3. The molecule has 0 heterocycles. The zero-order valence-electron chi connectivity index (χ0n) is 20.5. The van der Waals surface area contributed by atoms with E-state index in [-0.39, 0.29) is 31.5 Å². The molecule has 1 fully saturated rings. The fourth-order valence-electron chi connectivity index (χ4n) is 4.28. The lowest BCUT2D eigenvalue weighted by atomic mass is 9.82. The SMILES string of the molecule is COCCOCO[C@@H](C[C@H](O)[C@H](CC1CCCCC1)NC(=O)OCc1ccccc1)C(C)C. The van der Waals surface area contributed by atoms with E-state index >= 15 is 0 Å².